The van der Waals surface area contributed by atoms with Crippen LogP contribution in [0.1, 0.15) is 10.4 Å². The first-order valence-electron chi connectivity index (χ1n) is 5.61. The average molecular weight is 364 g/mol. The Labute approximate surface area is 118 Å². The van der Waals surface area contributed by atoms with Crippen molar-refractivity contribution in [2.45, 2.75) is 12.1 Å². The minimum Gasteiger partial charge on any atom is -0.390 e. The molecule has 1 heterocycles. The molecule has 0 unspecified atom stereocenters. The number of likely N-dealkylation sites (N-methyl/N-ethyl adjacent to an activating group) is 1. The minimum absolute atomic E-state index is 0.202. The quantitative estimate of drug-likeness (QED) is 0.765. The lowest BCUT2D eigenvalue weighted by Gasteiger charge is -2.26. The fourth-order valence-corrected chi connectivity index (χ4v) is 2.76. The van der Waals surface area contributed by atoms with Crippen LogP contribution in [0.25, 0.3) is 0 Å². The number of carbonyl (C=O) groups excluding carboxylic acids is 1. The Hall–Kier alpha value is -0.730. The molecule has 2 N–H and O–H groups in total. The van der Waals surface area contributed by atoms with E-state index in [0.717, 1.165) is 0 Å². The highest BCUT2D eigenvalue weighted by Crippen LogP contribution is 2.18. The fourth-order valence-electron chi connectivity index (χ4n) is 2.05. The van der Waals surface area contributed by atoms with Crippen LogP contribution < -0.4 is 5.32 Å². The van der Waals surface area contributed by atoms with Crippen molar-refractivity contribution >= 4 is 28.5 Å². The topological polar surface area (TPSA) is 52.6 Å². The standard InChI is InChI=1S/C12H14FIN2O2/c1-16(10-5-15-6-11(10)17)12(18)8-3-2-7(13)4-9(8)14/h2-4,10-11,15,17H,5-6H2,1H3/t10-,11-/m1/s1. The number of aliphatic hydroxyl groups is 1. The third-order valence-electron chi connectivity index (χ3n) is 3.13. The van der Waals surface area contributed by atoms with Gasteiger partial charge in [-0.1, -0.05) is 0 Å². The summed E-state index contributed by atoms with van der Waals surface area (Å²) < 4.78 is 13.6. The summed E-state index contributed by atoms with van der Waals surface area (Å²) in [4.78, 5) is 13.8. The Bertz CT molecular complexity index is 469. The van der Waals surface area contributed by atoms with Crippen LogP contribution in [0.2, 0.25) is 0 Å². The van der Waals surface area contributed by atoms with E-state index in [-0.39, 0.29) is 17.8 Å². The van der Waals surface area contributed by atoms with Crippen LogP contribution >= 0.6 is 22.6 Å². The second-order valence-corrected chi connectivity index (χ2v) is 5.50. The Morgan fingerprint density at radius 3 is 2.83 bits per heavy atom. The molecular formula is C12H14FIN2O2. The van der Waals surface area contributed by atoms with Crippen molar-refractivity contribution in [1.82, 2.24) is 10.2 Å². The van der Waals surface area contributed by atoms with E-state index in [4.69, 9.17) is 0 Å². The van der Waals surface area contributed by atoms with E-state index in [0.29, 0.717) is 22.2 Å². The van der Waals surface area contributed by atoms with Crippen LogP contribution in [-0.2, 0) is 0 Å². The van der Waals surface area contributed by atoms with E-state index in [1.165, 1.54) is 23.1 Å². The van der Waals surface area contributed by atoms with Gasteiger partial charge in [-0.3, -0.25) is 4.79 Å². The third kappa shape index (κ3) is 2.65. The molecule has 1 aliphatic rings. The molecule has 1 aliphatic heterocycles. The van der Waals surface area contributed by atoms with E-state index < -0.39 is 6.10 Å². The van der Waals surface area contributed by atoms with Gasteiger partial charge in [-0.15, -0.1) is 0 Å². The van der Waals surface area contributed by atoms with Crippen molar-refractivity contribution in [1.29, 1.82) is 0 Å². The van der Waals surface area contributed by atoms with Crippen molar-refractivity contribution in [3.63, 3.8) is 0 Å². The minimum atomic E-state index is -0.558. The number of nitrogens with one attached hydrogen (secondary N) is 1. The lowest BCUT2D eigenvalue weighted by molar-refractivity contribution is 0.0580. The molecule has 4 nitrogen and oxygen atoms in total. The van der Waals surface area contributed by atoms with Crippen molar-refractivity contribution in [2.24, 2.45) is 0 Å². The molecule has 1 aromatic rings. The van der Waals surface area contributed by atoms with Gasteiger partial charge in [-0.25, -0.2) is 4.39 Å². The molecular weight excluding hydrogens is 350 g/mol. The van der Waals surface area contributed by atoms with Gasteiger partial charge < -0.3 is 15.3 Å². The molecule has 98 valence electrons. The van der Waals surface area contributed by atoms with Gasteiger partial charge in [0.05, 0.1) is 17.7 Å². The van der Waals surface area contributed by atoms with E-state index in [9.17, 15) is 14.3 Å². The highest BCUT2D eigenvalue weighted by atomic mass is 127. The van der Waals surface area contributed by atoms with Crippen LogP contribution in [0.15, 0.2) is 18.2 Å². The fraction of sp³-hybridized carbons (Fsp3) is 0.417. The largest absolute Gasteiger partial charge is 0.390 e. The first kappa shape index (κ1) is 13.7. The van der Waals surface area contributed by atoms with Crippen LogP contribution in [0.3, 0.4) is 0 Å². The summed E-state index contributed by atoms with van der Waals surface area (Å²) in [5.74, 6) is -0.562. The number of amides is 1. The Morgan fingerprint density at radius 1 is 1.56 bits per heavy atom. The predicted molar refractivity (Wildman–Crippen MR) is 73.9 cm³/mol. The number of halogens is 2. The third-order valence-corrected chi connectivity index (χ3v) is 4.02. The van der Waals surface area contributed by atoms with Crippen LogP contribution in [0.4, 0.5) is 4.39 Å². The zero-order valence-electron chi connectivity index (χ0n) is 9.86. The maximum absolute atomic E-state index is 13.0. The lowest BCUT2D eigenvalue weighted by Crippen LogP contribution is -2.44. The number of β-amino-alcohol motifs (C(OH)–C–C–N with tert-alkyl or cyclic N) is 1. The molecule has 6 heteroatoms. The summed E-state index contributed by atoms with van der Waals surface area (Å²) in [5.41, 5.74) is 0.457. The zero-order chi connectivity index (χ0) is 13.3. The summed E-state index contributed by atoms with van der Waals surface area (Å²) in [6.07, 6.45) is -0.558. The number of rotatable bonds is 2. The molecule has 0 bridgehead atoms. The van der Waals surface area contributed by atoms with Gasteiger partial charge in [0.1, 0.15) is 5.82 Å². The number of nitrogens with zero attached hydrogens (tertiary/aromatic N) is 1. The maximum atomic E-state index is 13.0. The molecule has 1 saturated heterocycles. The van der Waals surface area contributed by atoms with Crippen molar-refractivity contribution in [3.8, 4) is 0 Å². The van der Waals surface area contributed by atoms with Gasteiger partial charge in [0.2, 0.25) is 0 Å². The molecule has 18 heavy (non-hydrogen) atoms. The number of carbonyl (C=O) groups is 1. The van der Waals surface area contributed by atoms with Crippen LogP contribution in [0, 0.1) is 9.39 Å². The molecule has 0 aliphatic carbocycles. The van der Waals surface area contributed by atoms with E-state index >= 15 is 0 Å². The summed E-state index contributed by atoms with van der Waals surface area (Å²) in [7, 11) is 1.66. The van der Waals surface area contributed by atoms with Crippen molar-refractivity contribution in [3.05, 3.63) is 33.1 Å². The van der Waals surface area contributed by atoms with E-state index in [2.05, 4.69) is 5.32 Å². The lowest BCUT2D eigenvalue weighted by atomic mass is 10.1. The average Bonchev–Trinajstić information content (AvgIpc) is 2.74. The molecule has 0 saturated carbocycles. The maximum Gasteiger partial charge on any atom is 0.255 e. The van der Waals surface area contributed by atoms with Gasteiger partial charge in [0.25, 0.3) is 5.91 Å². The van der Waals surface area contributed by atoms with Gasteiger partial charge >= 0.3 is 0 Å². The zero-order valence-corrected chi connectivity index (χ0v) is 12.0. The summed E-state index contributed by atoms with van der Waals surface area (Å²) in [6, 6.07) is 3.83. The Kier molecular flexibility index (Phi) is 4.18. The molecule has 2 atom stereocenters. The van der Waals surface area contributed by atoms with E-state index in [1.54, 1.807) is 7.05 Å². The summed E-state index contributed by atoms with van der Waals surface area (Å²) >= 11 is 1.94. The van der Waals surface area contributed by atoms with Gasteiger partial charge in [0.15, 0.2) is 0 Å². The monoisotopic (exact) mass is 364 g/mol. The molecule has 2 rings (SSSR count). The van der Waals surface area contributed by atoms with Crippen molar-refractivity contribution in [2.75, 3.05) is 20.1 Å². The van der Waals surface area contributed by atoms with Crippen LogP contribution in [-0.4, -0.2) is 48.2 Å². The second kappa shape index (κ2) is 5.50. The normalized spacial score (nSPS) is 23.1. The second-order valence-electron chi connectivity index (χ2n) is 4.33. The van der Waals surface area contributed by atoms with Crippen molar-refractivity contribution < 1.29 is 14.3 Å². The van der Waals surface area contributed by atoms with Gasteiger partial charge in [0, 0.05) is 23.7 Å². The first-order chi connectivity index (χ1) is 8.50. The molecule has 1 aromatic carbocycles. The molecule has 1 amide bonds. The highest BCUT2D eigenvalue weighted by Gasteiger charge is 2.32. The summed E-state index contributed by atoms with van der Waals surface area (Å²) in [6.45, 7) is 1.06. The highest BCUT2D eigenvalue weighted by molar-refractivity contribution is 14.1. The first-order valence-corrected chi connectivity index (χ1v) is 6.69. The Morgan fingerprint density at radius 2 is 2.28 bits per heavy atom. The predicted octanol–water partition coefficient (Wildman–Crippen LogP) is 0.835. The van der Waals surface area contributed by atoms with Gasteiger partial charge in [-0.2, -0.15) is 0 Å². The van der Waals surface area contributed by atoms with E-state index in [1.807, 2.05) is 22.6 Å². The molecule has 1 fully saturated rings. The molecule has 0 spiro atoms. The number of hydrogen-bond donors (Lipinski definition) is 2. The molecule has 0 radical (unpaired) electrons. The smallest absolute Gasteiger partial charge is 0.255 e. The number of aliphatic hydroxyl groups excluding tert-OH is 1. The van der Waals surface area contributed by atoms with Crippen LogP contribution in [0.5, 0.6) is 0 Å². The number of benzene rings is 1. The number of hydrogen-bond acceptors (Lipinski definition) is 3. The Balaban J connectivity index is 2.20. The SMILES string of the molecule is CN(C(=O)c1ccc(F)cc1I)[C@@H]1CNC[C@H]1O. The molecule has 0 aromatic heterocycles. The van der Waals surface area contributed by atoms with Gasteiger partial charge in [-0.05, 0) is 40.8 Å². The summed E-state index contributed by atoms with van der Waals surface area (Å²) in [5, 5.41) is 12.8.